The Bertz CT molecular complexity index is 851. The molecule has 7 nitrogen and oxygen atoms in total. The van der Waals surface area contributed by atoms with Gasteiger partial charge < -0.3 is 5.73 Å². The Morgan fingerprint density at radius 1 is 1.38 bits per heavy atom. The minimum absolute atomic E-state index is 0.0221. The first-order valence-electron chi connectivity index (χ1n) is 6.08. The van der Waals surface area contributed by atoms with Gasteiger partial charge in [0.05, 0.1) is 23.0 Å². The number of nitrogens with one attached hydrogen (secondary N) is 1. The van der Waals surface area contributed by atoms with E-state index in [2.05, 4.69) is 15.2 Å². The quantitative estimate of drug-likeness (QED) is 0.755. The minimum atomic E-state index is -3.68. The third-order valence-corrected chi connectivity index (χ3v) is 5.87. The van der Waals surface area contributed by atoms with Gasteiger partial charge in [0.15, 0.2) is 0 Å². The van der Waals surface area contributed by atoms with Crippen molar-refractivity contribution in [3.63, 3.8) is 0 Å². The summed E-state index contributed by atoms with van der Waals surface area (Å²) in [6.45, 7) is 0.187. The van der Waals surface area contributed by atoms with Gasteiger partial charge in [0.1, 0.15) is 15.7 Å². The van der Waals surface area contributed by atoms with Gasteiger partial charge in [-0.1, -0.05) is 12.1 Å². The van der Waals surface area contributed by atoms with Crippen molar-refractivity contribution in [3.05, 3.63) is 35.5 Å². The molecule has 0 fully saturated rings. The number of nitrogens with zero attached hydrogens (tertiary/aromatic N) is 3. The molecule has 2 heterocycles. The number of para-hydroxylation sites is 1. The van der Waals surface area contributed by atoms with Crippen molar-refractivity contribution in [2.45, 2.75) is 11.4 Å². The number of aromatic amines is 1. The van der Waals surface area contributed by atoms with E-state index in [0.29, 0.717) is 0 Å². The Kier molecular flexibility index (Phi) is 3.40. The Hall–Kier alpha value is -1.97. The molecule has 3 N–H and O–H groups in total. The fourth-order valence-corrected chi connectivity index (χ4v) is 4.16. The first-order chi connectivity index (χ1) is 9.98. The van der Waals surface area contributed by atoms with E-state index in [1.807, 2.05) is 24.3 Å². The molecule has 0 amide bonds. The Morgan fingerprint density at radius 3 is 2.81 bits per heavy atom. The second kappa shape index (κ2) is 5.10. The maximum atomic E-state index is 12.4. The molecule has 0 spiro atoms. The summed E-state index contributed by atoms with van der Waals surface area (Å²) in [4.78, 5) is 4.41. The number of fused-ring (bicyclic) bond motifs is 1. The van der Waals surface area contributed by atoms with Crippen molar-refractivity contribution < 1.29 is 8.42 Å². The molecule has 1 aromatic carbocycles. The summed E-state index contributed by atoms with van der Waals surface area (Å²) in [7, 11) is -2.19. The van der Waals surface area contributed by atoms with E-state index < -0.39 is 10.0 Å². The lowest BCUT2D eigenvalue weighted by Gasteiger charge is -2.14. The number of hydrogen-bond acceptors (Lipinski definition) is 6. The highest BCUT2D eigenvalue weighted by Crippen LogP contribution is 2.25. The van der Waals surface area contributed by atoms with Crippen LogP contribution in [-0.4, -0.2) is 35.0 Å². The second-order valence-electron chi connectivity index (χ2n) is 4.48. The molecule has 2 aromatic heterocycles. The molecule has 0 bridgehead atoms. The molecule has 0 radical (unpaired) electrons. The Morgan fingerprint density at radius 2 is 2.14 bits per heavy atom. The van der Waals surface area contributed by atoms with E-state index in [1.54, 1.807) is 0 Å². The number of aromatic nitrogens is 3. The molecule has 3 aromatic rings. The van der Waals surface area contributed by atoms with Gasteiger partial charge in [0.2, 0.25) is 10.0 Å². The molecule has 0 saturated heterocycles. The number of nitrogen functional groups attached to an aromatic ring is 1. The van der Waals surface area contributed by atoms with Crippen molar-refractivity contribution in [2.24, 2.45) is 0 Å². The summed E-state index contributed by atoms with van der Waals surface area (Å²) >= 11 is 1.47. The van der Waals surface area contributed by atoms with E-state index in [1.165, 1.54) is 28.9 Å². The average Bonchev–Trinajstić information content (AvgIpc) is 3.04. The van der Waals surface area contributed by atoms with Crippen LogP contribution in [0.15, 0.2) is 35.4 Å². The standard InChI is InChI=1S/C12H13N5O2S2/c1-17(21(18,19)10-6-14-16-12(10)13)7-11-15-8-4-2-3-5-9(8)20-11/h2-6H,7H2,1H3,(H3,13,14,16). The monoisotopic (exact) mass is 323 g/mol. The SMILES string of the molecule is CN(Cc1nc2ccccc2s1)S(=O)(=O)c1cn[nH]c1N. The summed E-state index contributed by atoms with van der Waals surface area (Å²) in [6, 6.07) is 7.69. The zero-order valence-corrected chi connectivity index (χ0v) is 12.8. The van der Waals surface area contributed by atoms with Gasteiger partial charge in [-0.3, -0.25) is 5.10 Å². The fourth-order valence-electron chi connectivity index (χ4n) is 1.92. The van der Waals surface area contributed by atoms with Crippen molar-refractivity contribution in [3.8, 4) is 0 Å². The van der Waals surface area contributed by atoms with Crippen LogP contribution in [0, 0.1) is 0 Å². The van der Waals surface area contributed by atoms with Crippen molar-refractivity contribution in [1.29, 1.82) is 0 Å². The summed E-state index contributed by atoms with van der Waals surface area (Å²) in [5, 5.41) is 6.79. The van der Waals surface area contributed by atoms with Crippen LogP contribution in [0.3, 0.4) is 0 Å². The van der Waals surface area contributed by atoms with Crippen molar-refractivity contribution in [1.82, 2.24) is 19.5 Å². The third kappa shape index (κ3) is 2.50. The van der Waals surface area contributed by atoms with Crippen LogP contribution in [0.1, 0.15) is 5.01 Å². The van der Waals surface area contributed by atoms with Gasteiger partial charge >= 0.3 is 0 Å². The predicted molar refractivity (Wildman–Crippen MR) is 81.3 cm³/mol. The smallest absolute Gasteiger partial charge is 0.248 e. The predicted octanol–water partition coefficient (Wildman–Crippen LogP) is 1.42. The summed E-state index contributed by atoms with van der Waals surface area (Å²) in [5.74, 6) is 0.0335. The molecule has 3 rings (SSSR count). The maximum Gasteiger partial charge on any atom is 0.248 e. The molecule has 0 atom stereocenters. The van der Waals surface area contributed by atoms with E-state index in [9.17, 15) is 8.42 Å². The molecule has 9 heteroatoms. The van der Waals surface area contributed by atoms with E-state index >= 15 is 0 Å². The van der Waals surface area contributed by atoms with Crippen LogP contribution in [0.5, 0.6) is 0 Å². The highest BCUT2D eigenvalue weighted by Gasteiger charge is 2.25. The van der Waals surface area contributed by atoms with E-state index in [0.717, 1.165) is 15.2 Å². The number of nitrogens with two attached hydrogens (primary N) is 1. The zero-order chi connectivity index (χ0) is 15.0. The molecule has 0 saturated carbocycles. The van der Waals surface area contributed by atoms with Gasteiger partial charge in [-0.25, -0.2) is 13.4 Å². The van der Waals surface area contributed by atoms with E-state index in [-0.39, 0.29) is 17.3 Å². The molecular weight excluding hydrogens is 310 g/mol. The van der Waals surface area contributed by atoms with Crippen LogP contribution in [-0.2, 0) is 16.6 Å². The number of hydrogen-bond donors (Lipinski definition) is 2. The number of benzene rings is 1. The number of sulfonamides is 1. The number of thiazole rings is 1. The molecule has 0 unspecified atom stereocenters. The van der Waals surface area contributed by atoms with Crippen LogP contribution >= 0.6 is 11.3 Å². The van der Waals surface area contributed by atoms with Crippen LogP contribution in [0.4, 0.5) is 5.82 Å². The average molecular weight is 323 g/mol. The second-order valence-corrected chi connectivity index (χ2v) is 7.61. The van der Waals surface area contributed by atoms with Crippen LogP contribution in [0.25, 0.3) is 10.2 Å². The summed E-state index contributed by atoms with van der Waals surface area (Å²) < 4.78 is 27.0. The molecular formula is C12H13N5O2S2. The molecule has 110 valence electrons. The molecule has 0 aliphatic rings. The highest BCUT2D eigenvalue weighted by atomic mass is 32.2. The number of anilines is 1. The van der Waals surface area contributed by atoms with Gasteiger partial charge in [-0.2, -0.15) is 9.40 Å². The largest absolute Gasteiger partial charge is 0.383 e. The maximum absolute atomic E-state index is 12.4. The first-order valence-corrected chi connectivity index (χ1v) is 8.34. The number of rotatable bonds is 4. The Labute approximate surface area is 125 Å². The molecule has 0 aliphatic carbocycles. The van der Waals surface area contributed by atoms with Gasteiger partial charge in [-0.05, 0) is 12.1 Å². The van der Waals surface area contributed by atoms with Crippen LogP contribution in [0.2, 0.25) is 0 Å². The summed E-state index contributed by atoms with van der Waals surface area (Å²) in [5.41, 5.74) is 6.45. The lowest BCUT2D eigenvalue weighted by Crippen LogP contribution is -2.26. The topological polar surface area (TPSA) is 105 Å². The van der Waals surface area contributed by atoms with Crippen LogP contribution < -0.4 is 5.73 Å². The van der Waals surface area contributed by atoms with Gasteiger partial charge in [0.25, 0.3) is 0 Å². The first kappa shape index (κ1) is 14.0. The number of H-pyrrole nitrogens is 1. The third-order valence-electron chi connectivity index (χ3n) is 3.02. The van der Waals surface area contributed by atoms with Gasteiger partial charge in [0, 0.05) is 7.05 Å². The lowest BCUT2D eigenvalue weighted by molar-refractivity contribution is 0.466. The lowest BCUT2D eigenvalue weighted by atomic mass is 10.3. The summed E-state index contributed by atoms with van der Waals surface area (Å²) in [6.07, 6.45) is 1.21. The van der Waals surface area contributed by atoms with Crippen molar-refractivity contribution in [2.75, 3.05) is 12.8 Å². The molecule has 0 aliphatic heterocycles. The zero-order valence-electron chi connectivity index (χ0n) is 11.1. The van der Waals surface area contributed by atoms with E-state index in [4.69, 9.17) is 5.73 Å². The van der Waals surface area contributed by atoms with Crippen molar-refractivity contribution >= 4 is 37.4 Å². The Balaban J connectivity index is 1.89. The molecule has 21 heavy (non-hydrogen) atoms. The highest BCUT2D eigenvalue weighted by molar-refractivity contribution is 7.89. The fraction of sp³-hybridized carbons (Fsp3) is 0.167. The minimum Gasteiger partial charge on any atom is -0.383 e. The normalized spacial score (nSPS) is 12.3. The van der Waals surface area contributed by atoms with Gasteiger partial charge in [-0.15, -0.1) is 11.3 Å².